The maximum Gasteiger partial charge on any atom is 0.336 e. The molecule has 2 aromatic rings. The molecule has 3 unspecified atom stereocenters. The molecule has 200 valence electrons. The standard InChI is InChI=1S/C28H29ClN2O7/c1-4-38-26(34)22-21(15-37-14-13-31-24(32)17-9-5-6-10-18(17)25(31)33)30-16(2)28(3,27(35)36)23(22)19-11-7-8-12-20(19)29/h5-12,16,23,30H,4,13-15H2,1-3H3,(H,35,36). The number of carboxylic acids is 1. The third-order valence-electron chi connectivity index (χ3n) is 7.26. The molecule has 0 spiro atoms. The number of amides is 2. The van der Waals surface area contributed by atoms with Crippen LogP contribution in [0.4, 0.5) is 0 Å². The number of carbonyl (C=O) groups excluding carboxylic acids is 3. The van der Waals surface area contributed by atoms with Crippen LogP contribution in [0.1, 0.15) is 53.0 Å². The summed E-state index contributed by atoms with van der Waals surface area (Å²) in [5.41, 5.74) is 0.215. The van der Waals surface area contributed by atoms with Crippen molar-refractivity contribution in [1.29, 1.82) is 0 Å². The van der Waals surface area contributed by atoms with E-state index in [1.807, 2.05) is 0 Å². The van der Waals surface area contributed by atoms with Gasteiger partial charge in [0.05, 0.1) is 48.5 Å². The molecule has 0 fully saturated rings. The van der Waals surface area contributed by atoms with Crippen molar-refractivity contribution in [3.8, 4) is 0 Å². The monoisotopic (exact) mass is 540 g/mol. The molecule has 2 aliphatic heterocycles. The highest BCUT2D eigenvalue weighted by Crippen LogP contribution is 2.49. The van der Waals surface area contributed by atoms with Gasteiger partial charge in [-0.3, -0.25) is 19.3 Å². The molecule has 2 N–H and O–H groups in total. The highest BCUT2D eigenvalue weighted by Gasteiger charge is 2.54. The lowest BCUT2D eigenvalue weighted by molar-refractivity contribution is -0.152. The quantitative estimate of drug-likeness (QED) is 0.281. The molecule has 3 atom stereocenters. The number of carbonyl (C=O) groups is 4. The van der Waals surface area contributed by atoms with E-state index in [9.17, 15) is 24.3 Å². The van der Waals surface area contributed by atoms with Gasteiger partial charge in [0.1, 0.15) is 0 Å². The van der Waals surface area contributed by atoms with Gasteiger partial charge in [-0.15, -0.1) is 0 Å². The maximum absolute atomic E-state index is 13.3. The minimum absolute atomic E-state index is 0.00803. The average molecular weight is 541 g/mol. The highest BCUT2D eigenvalue weighted by molar-refractivity contribution is 6.31. The number of carboxylic acid groups (broad SMARTS) is 1. The molecule has 9 nitrogen and oxygen atoms in total. The second-order valence-corrected chi connectivity index (χ2v) is 9.79. The number of nitrogens with zero attached hydrogens (tertiary/aromatic N) is 1. The van der Waals surface area contributed by atoms with Crippen molar-refractivity contribution in [2.24, 2.45) is 5.41 Å². The number of rotatable bonds is 9. The largest absolute Gasteiger partial charge is 0.481 e. The average Bonchev–Trinajstić information content (AvgIpc) is 3.13. The molecule has 0 bridgehead atoms. The number of ether oxygens (including phenoxy) is 2. The van der Waals surface area contributed by atoms with Crippen molar-refractivity contribution in [2.75, 3.05) is 26.4 Å². The van der Waals surface area contributed by atoms with Gasteiger partial charge in [0.25, 0.3) is 11.8 Å². The third kappa shape index (κ3) is 4.68. The Balaban J connectivity index is 1.62. The van der Waals surface area contributed by atoms with E-state index in [4.69, 9.17) is 21.1 Å². The van der Waals surface area contributed by atoms with Crippen molar-refractivity contribution >= 4 is 35.4 Å². The van der Waals surface area contributed by atoms with Gasteiger partial charge >= 0.3 is 11.9 Å². The Labute approximate surface area is 225 Å². The topological polar surface area (TPSA) is 122 Å². The zero-order valence-corrected chi connectivity index (χ0v) is 22.1. The maximum atomic E-state index is 13.3. The molecule has 2 aromatic carbocycles. The smallest absolute Gasteiger partial charge is 0.336 e. The predicted octanol–water partition coefficient (Wildman–Crippen LogP) is 3.64. The molecule has 2 aliphatic rings. The van der Waals surface area contributed by atoms with Gasteiger partial charge in [0, 0.05) is 22.7 Å². The summed E-state index contributed by atoms with van der Waals surface area (Å²) in [7, 11) is 0. The Hall–Kier alpha value is -3.69. The third-order valence-corrected chi connectivity index (χ3v) is 7.60. The lowest BCUT2D eigenvalue weighted by Crippen LogP contribution is -2.56. The Morgan fingerprint density at radius 1 is 1.08 bits per heavy atom. The minimum atomic E-state index is -1.45. The summed E-state index contributed by atoms with van der Waals surface area (Å²) in [6.45, 7) is 4.97. The fourth-order valence-electron chi connectivity index (χ4n) is 5.05. The zero-order chi connectivity index (χ0) is 27.6. The van der Waals surface area contributed by atoms with Gasteiger partial charge in [-0.05, 0) is 44.5 Å². The summed E-state index contributed by atoms with van der Waals surface area (Å²) in [6.07, 6.45) is 0. The molecule has 0 radical (unpaired) electrons. The highest BCUT2D eigenvalue weighted by atomic mass is 35.5. The van der Waals surface area contributed by atoms with Gasteiger partial charge in [0.15, 0.2) is 0 Å². The number of nitrogens with one attached hydrogen (secondary N) is 1. The molecular formula is C28H29ClN2O7. The minimum Gasteiger partial charge on any atom is -0.481 e. The number of aliphatic carboxylic acids is 1. The molecule has 0 saturated carbocycles. The van der Waals surface area contributed by atoms with E-state index in [0.29, 0.717) is 27.4 Å². The second-order valence-electron chi connectivity index (χ2n) is 9.38. The number of hydrogen-bond donors (Lipinski definition) is 2. The summed E-state index contributed by atoms with van der Waals surface area (Å²) < 4.78 is 11.2. The van der Waals surface area contributed by atoms with Crippen LogP contribution in [-0.2, 0) is 19.1 Å². The van der Waals surface area contributed by atoms with Crippen LogP contribution in [0.25, 0.3) is 0 Å². The van der Waals surface area contributed by atoms with Crippen molar-refractivity contribution < 1.29 is 33.8 Å². The Morgan fingerprint density at radius 3 is 2.26 bits per heavy atom. The predicted molar refractivity (Wildman–Crippen MR) is 139 cm³/mol. The Bertz CT molecular complexity index is 1290. The normalized spacial score (nSPS) is 22.8. The summed E-state index contributed by atoms with van der Waals surface area (Å²) in [4.78, 5) is 52.3. The molecular weight excluding hydrogens is 512 g/mol. The molecule has 38 heavy (non-hydrogen) atoms. The van der Waals surface area contributed by atoms with Crippen molar-refractivity contribution in [2.45, 2.75) is 32.7 Å². The molecule has 0 saturated heterocycles. The van der Waals surface area contributed by atoms with Crippen LogP contribution in [0.2, 0.25) is 5.02 Å². The summed E-state index contributed by atoms with van der Waals surface area (Å²) in [5, 5.41) is 13.8. The van der Waals surface area contributed by atoms with E-state index in [2.05, 4.69) is 5.32 Å². The fourth-order valence-corrected chi connectivity index (χ4v) is 5.30. The van der Waals surface area contributed by atoms with E-state index in [-0.39, 0.29) is 43.8 Å². The van der Waals surface area contributed by atoms with Crippen LogP contribution < -0.4 is 5.32 Å². The molecule has 4 rings (SSSR count). The van der Waals surface area contributed by atoms with Crippen molar-refractivity contribution in [1.82, 2.24) is 10.2 Å². The van der Waals surface area contributed by atoms with Crippen molar-refractivity contribution in [3.05, 3.63) is 81.5 Å². The fraction of sp³-hybridized carbons (Fsp3) is 0.357. The van der Waals surface area contributed by atoms with Crippen molar-refractivity contribution in [3.63, 3.8) is 0 Å². The lowest BCUT2D eigenvalue weighted by Gasteiger charge is -2.45. The Kier molecular flexibility index (Phi) is 7.89. The van der Waals surface area contributed by atoms with Gasteiger partial charge in [0.2, 0.25) is 0 Å². The van der Waals surface area contributed by atoms with Gasteiger partial charge < -0.3 is 19.9 Å². The van der Waals surface area contributed by atoms with Crippen LogP contribution in [0.3, 0.4) is 0 Å². The number of benzene rings is 2. The van der Waals surface area contributed by atoms with E-state index in [0.717, 1.165) is 4.90 Å². The van der Waals surface area contributed by atoms with Gasteiger partial charge in [-0.1, -0.05) is 41.9 Å². The van der Waals surface area contributed by atoms with Crippen LogP contribution in [0.5, 0.6) is 0 Å². The molecule has 2 heterocycles. The lowest BCUT2D eigenvalue weighted by atomic mass is 9.63. The summed E-state index contributed by atoms with van der Waals surface area (Å²) in [6, 6.07) is 12.8. The SMILES string of the molecule is CCOC(=O)C1=C(COCCN2C(=O)c3ccccc3C2=O)NC(C)C(C)(C(=O)O)C1c1ccccc1Cl. The molecule has 0 aliphatic carbocycles. The zero-order valence-electron chi connectivity index (χ0n) is 21.3. The number of esters is 1. The van der Waals surface area contributed by atoms with E-state index < -0.39 is 29.3 Å². The Morgan fingerprint density at radius 2 is 1.68 bits per heavy atom. The summed E-state index contributed by atoms with van der Waals surface area (Å²) in [5.74, 6) is -3.49. The molecule has 2 amide bonds. The second kappa shape index (κ2) is 11.0. The first-order chi connectivity index (χ1) is 18.1. The number of halogens is 1. The number of imide groups is 1. The first-order valence-electron chi connectivity index (χ1n) is 12.3. The van der Waals surface area contributed by atoms with E-state index in [1.165, 1.54) is 0 Å². The van der Waals surface area contributed by atoms with Crippen LogP contribution >= 0.6 is 11.6 Å². The van der Waals surface area contributed by atoms with Crippen LogP contribution in [0, 0.1) is 5.41 Å². The van der Waals surface area contributed by atoms with E-state index >= 15 is 0 Å². The first kappa shape index (κ1) is 27.3. The van der Waals surface area contributed by atoms with Gasteiger partial charge in [-0.2, -0.15) is 0 Å². The van der Waals surface area contributed by atoms with Gasteiger partial charge in [-0.25, -0.2) is 4.79 Å². The summed E-state index contributed by atoms with van der Waals surface area (Å²) >= 11 is 6.51. The number of hydrogen-bond acceptors (Lipinski definition) is 7. The molecule has 0 aromatic heterocycles. The first-order valence-corrected chi connectivity index (χ1v) is 12.7. The molecule has 10 heteroatoms. The van der Waals surface area contributed by atoms with E-state index in [1.54, 1.807) is 69.3 Å². The number of fused-ring (bicyclic) bond motifs is 1. The van der Waals surface area contributed by atoms with Crippen LogP contribution in [-0.4, -0.2) is 66.2 Å². The van der Waals surface area contributed by atoms with Crippen LogP contribution in [0.15, 0.2) is 59.8 Å².